The van der Waals surface area contributed by atoms with E-state index in [0.717, 1.165) is 12.2 Å². The molecule has 4 nitrogen and oxygen atoms in total. The van der Waals surface area contributed by atoms with Crippen LogP contribution in [0.3, 0.4) is 0 Å². The van der Waals surface area contributed by atoms with Crippen molar-refractivity contribution < 1.29 is 14.6 Å². The summed E-state index contributed by atoms with van der Waals surface area (Å²) in [5.74, 6) is -0.236. The Morgan fingerprint density at radius 1 is 1.37 bits per heavy atom. The Morgan fingerprint density at radius 3 is 2.53 bits per heavy atom. The van der Waals surface area contributed by atoms with E-state index in [2.05, 4.69) is 0 Å². The molecular weight excluding hydrogens is 266 g/mol. The summed E-state index contributed by atoms with van der Waals surface area (Å²) in [4.78, 5) is 10.8. The molecule has 3 N–H and O–H groups in total. The van der Waals surface area contributed by atoms with E-state index in [-0.39, 0.29) is 12.5 Å². The molecule has 0 aromatic heterocycles. The van der Waals surface area contributed by atoms with Crippen LogP contribution in [0.15, 0.2) is 24.3 Å². The fraction of sp³-hybridized carbons (Fsp3) is 0.500. The van der Waals surface area contributed by atoms with Gasteiger partial charge >= 0.3 is 5.97 Å². The smallest absolute Gasteiger partial charge is 0.307 e. The zero-order valence-electron chi connectivity index (χ0n) is 11.0. The van der Waals surface area contributed by atoms with Crippen molar-refractivity contribution in [1.82, 2.24) is 0 Å². The lowest BCUT2D eigenvalue weighted by Gasteiger charge is -2.15. The van der Waals surface area contributed by atoms with Crippen LogP contribution in [0.2, 0.25) is 5.02 Å². The van der Waals surface area contributed by atoms with Crippen LogP contribution >= 0.6 is 11.6 Å². The monoisotopic (exact) mass is 285 g/mol. The fourth-order valence-corrected chi connectivity index (χ4v) is 1.81. The molecule has 0 aliphatic heterocycles. The quantitative estimate of drug-likeness (QED) is 0.770. The van der Waals surface area contributed by atoms with E-state index in [1.165, 1.54) is 0 Å². The molecule has 0 bridgehead atoms. The molecule has 0 amide bonds. The molecule has 1 rings (SSSR count). The van der Waals surface area contributed by atoms with Crippen LogP contribution in [0.4, 0.5) is 0 Å². The van der Waals surface area contributed by atoms with Crippen molar-refractivity contribution in [3.63, 3.8) is 0 Å². The molecule has 19 heavy (non-hydrogen) atoms. The van der Waals surface area contributed by atoms with Gasteiger partial charge in [0.15, 0.2) is 0 Å². The Hall–Kier alpha value is -1.26. The van der Waals surface area contributed by atoms with Crippen molar-refractivity contribution in [3.8, 4) is 5.75 Å². The number of halogens is 1. The number of benzene rings is 1. The largest absolute Gasteiger partial charge is 0.493 e. The summed E-state index contributed by atoms with van der Waals surface area (Å²) in [6.07, 6.45) is 1.36. The van der Waals surface area contributed by atoms with E-state index in [4.69, 9.17) is 27.2 Å². The van der Waals surface area contributed by atoms with Crippen molar-refractivity contribution >= 4 is 17.6 Å². The highest BCUT2D eigenvalue weighted by Gasteiger charge is 2.16. The van der Waals surface area contributed by atoms with Crippen molar-refractivity contribution in [2.45, 2.75) is 19.8 Å². The van der Waals surface area contributed by atoms with Crippen molar-refractivity contribution in [2.75, 3.05) is 13.2 Å². The maximum absolute atomic E-state index is 10.8. The van der Waals surface area contributed by atoms with Gasteiger partial charge in [0.25, 0.3) is 0 Å². The Morgan fingerprint density at radius 2 is 2.00 bits per heavy atom. The lowest BCUT2D eigenvalue weighted by Crippen LogP contribution is -2.24. The van der Waals surface area contributed by atoms with Gasteiger partial charge in [-0.05, 0) is 43.0 Å². The number of hydrogen-bond donors (Lipinski definition) is 2. The summed E-state index contributed by atoms with van der Waals surface area (Å²) >= 11 is 5.78. The van der Waals surface area contributed by atoms with Crippen LogP contribution in [0, 0.1) is 11.8 Å². The van der Waals surface area contributed by atoms with Gasteiger partial charge in [0, 0.05) is 11.6 Å². The normalized spacial score (nSPS) is 13.8. The Labute approximate surface area is 118 Å². The first-order chi connectivity index (χ1) is 9.02. The van der Waals surface area contributed by atoms with Crippen molar-refractivity contribution in [2.24, 2.45) is 17.6 Å². The number of carbonyl (C=O) groups is 1. The van der Waals surface area contributed by atoms with Gasteiger partial charge in [-0.2, -0.15) is 0 Å². The standard InChI is InChI=1S/C14H20ClNO3/c1-10(2-3-11(8-16)14(17)18)9-19-13-6-4-12(15)5-7-13/h4-7,10-11H,2-3,8-9,16H2,1H3,(H,17,18). The first-order valence-electron chi connectivity index (χ1n) is 6.34. The first-order valence-corrected chi connectivity index (χ1v) is 6.72. The Balaban J connectivity index is 2.29. The highest BCUT2D eigenvalue weighted by atomic mass is 35.5. The van der Waals surface area contributed by atoms with E-state index < -0.39 is 11.9 Å². The van der Waals surface area contributed by atoms with E-state index in [1.54, 1.807) is 12.1 Å². The fourth-order valence-electron chi connectivity index (χ4n) is 1.68. The van der Waals surface area contributed by atoms with Gasteiger partial charge in [-0.3, -0.25) is 4.79 Å². The maximum atomic E-state index is 10.8. The molecule has 0 radical (unpaired) electrons. The van der Waals surface area contributed by atoms with Gasteiger partial charge in [0.1, 0.15) is 5.75 Å². The molecule has 0 saturated heterocycles. The number of aliphatic carboxylic acids is 1. The highest BCUT2D eigenvalue weighted by molar-refractivity contribution is 6.30. The predicted molar refractivity (Wildman–Crippen MR) is 75.5 cm³/mol. The summed E-state index contributed by atoms with van der Waals surface area (Å²) in [7, 11) is 0. The predicted octanol–water partition coefficient (Wildman–Crippen LogP) is 2.79. The van der Waals surface area contributed by atoms with Crippen LogP contribution in [0.25, 0.3) is 0 Å². The zero-order chi connectivity index (χ0) is 14.3. The molecule has 0 heterocycles. The van der Waals surface area contributed by atoms with E-state index >= 15 is 0 Å². The van der Waals surface area contributed by atoms with E-state index in [1.807, 2.05) is 19.1 Å². The van der Waals surface area contributed by atoms with E-state index in [0.29, 0.717) is 18.1 Å². The Kier molecular flexibility index (Phi) is 6.67. The maximum Gasteiger partial charge on any atom is 0.307 e. The second kappa shape index (κ2) is 8.02. The van der Waals surface area contributed by atoms with Gasteiger partial charge in [-0.25, -0.2) is 0 Å². The number of rotatable bonds is 8. The lowest BCUT2D eigenvalue weighted by molar-refractivity contribution is -0.141. The number of carboxylic acid groups (broad SMARTS) is 1. The zero-order valence-corrected chi connectivity index (χ0v) is 11.8. The molecule has 0 aliphatic carbocycles. The number of ether oxygens (including phenoxy) is 1. The molecule has 0 spiro atoms. The molecule has 2 unspecified atom stereocenters. The van der Waals surface area contributed by atoms with Crippen LogP contribution in [-0.4, -0.2) is 24.2 Å². The topological polar surface area (TPSA) is 72.6 Å². The molecule has 1 aromatic rings. The number of carboxylic acids is 1. The lowest BCUT2D eigenvalue weighted by atomic mass is 9.97. The average Bonchev–Trinajstić information content (AvgIpc) is 2.38. The minimum atomic E-state index is -0.826. The summed E-state index contributed by atoms with van der Waals surface area (Å²) < 4.78 is 5.61. The van der Waals surface area contributed by atoms with Crippen LogP contribution in [0.5, 0.6) is 5.75 Å². The van der Waals surface area contributed by atoms with Gasteiger partial charge in [-0.1, -0.05) is 18.5 Å². The molecule has 0 aliphatic rings. The third-order valence-electron chi connectivity index (χ3n) is 2.99. The van der Waals surface area contributed by atoms with Gasteiger partial charge in [-0.15, -0.1) is 0 Å². The van der Waals surface area contributed by atoms with Crippen molar-refractivity contribution in [3.05, 3.63) is 29.3 Å². The average molecular weight is 286 g/mol. The minimum Gasteiger partial charge on any atom is -0.493 e. The third-order valence-corrected chi connectivity index (χ3v) is 3.24. The van der Waals surface area contributed by atoms with E-state index in [9.17, 15) is 4.79 Å². The third kappa shape index (κ3) is 5.94. The molecule has 0 fully saturated rings. The molecular formula is C14H20ClNO3. The second-order valence-electron chi connectivity index (χ2n) is 4.72. The minimum absolute atomic E-state index is 0.181. The summed E-state index contributed by atoms with van der Waals surface area (Å²) in [6.45, 7) is 2.77. The number of nitrogens with two attached hydrogens (primary N) is 1. The summed E-state index contributed by atoms with van der Waals surface area (Å²) in [6, 6.07) is 7.18. The van der Waals surface area contributed by atoms with Gasteiger partial charge in [0.2, 0.25) is 0 Å². The SMILES string of the molecule is CC(CCC(CN)C(=O)O)COc1ccc(Cl)cc1. The van der Waals surface area contributed by atoms with Crippen molar-refractivity contribution in [1.29, 1.82) is 0 Å². The van der Waals surface area contributed by atoms with Gasteiger partial charge < -0.3 is 15.6 Å². The Bertz CT molecular complexity index is 394. The molecule has 5 heteroatoms. The summed E-state index contributed by atoms with van der Waals surface area (Å²) in [5, 5.41) is 9.57. The molecule has 2 atom stereocenters. The number of hydrogen-bond acceptors (Lipinski definition) is 3. The first kappa shape index (κ1) is 15.8. The molecule has 0 saturated carbocycles. The van der Waals surface area contributed by atoms with Gasteiger partial charge in [0.05, 0.1) is 12.5 Å². The highest BCUT2D eigenvalue weighted by Crippen LogP contribution is 2.18. The summed E-state index contributed by atoms with van der Waals surface area (Å²) in [5.41, 5.74) is 5.41. The molecule has 1 aromatic carbocycles. The van der Waals surface area contributed by atoms with Crippen LogP contribution in [0.1, 0.15) is 19.8 Å². The van der Waals surface area contributed by atoms with Crippen LogP contribution < -0.4 is 10.5 Å². The second-order valence-corrected chi connectivity index (χ2v) is 5.15. The van der Waals surface area contributed by atoms with Crippen LogP contribution in [-0.2, 0) is 4.79 Å². The molecule has 106 valence electrons.